The number of aromatic nitrogens is 2. The third-order valence-electron chi connectivity index (χ3n) is 3.32. The molecule has 1 fully saturated rings. The summed E-state index contributed by atoms with van der Waals surface area (Å²) in [5.74, 6) is 6.95. The van der Waals surface area contributed by atoms with E-state index in [9.17, 15) is 0 Å². The largest absolute Gasteiger partial charge is 0.355 e. The van der Waals surface area contributed by atoms with E-state index in [2.05, 4.69) is 50.1 Å². The number of nitrogens with zero attached hydrogens (tertiary/aromatic N) is 3. The van der Waals surface area contributed by atoms with E-state index in [1.807, 2.05) is 0 Å². The standard InChI is InChI=1S/C11H18BrN5/c1-11(2)3-5-17(6-4-11)10-8(12)9(16-13)14-7-15-10/h7H,3-6,13H2,1-2H3,(H,14,15,16). The number of anilines is 2. The summed E-state index contributed by atoms with van der Waals surface area (Å²) in [5.41, 5.74) is 3.00. The first kappa shape index (κ1) is 12.6. The van der Waals surface area contributed by atoms with E-state index in [1.54, 1.807) is 0 Å². The van der Waals surface area contributed by atoms with Crippen molar-refractivity contribution in [3.05, 3.63) is 10.8 Å². The van der Waals surface area contributed by atoms with Crippen LogP contribution >= 0.6 is 15.9 Å². The fourth-order valence-corrected chi connectivity index (χ4v) is 2.58. The zero-order valence-electron chi connectivity index (χ0n) is 10.2. The second-order valence-corrected chi connectivity index (χ2v) is 5.95. The molecule has 1 aliphatic heterocycles. The van der Waals surface area contributed by atoms with Crippen LogP contribution in [-0.2, 0) is 0 Å². The Labute approximate surface area is 110 Å². The highest BCUT2D eigenvalue weighted by Gasteiger charge is 2.27. The van der Waals surface area contributed by atoms with Gasteiger partial charge in [0.2, 0.25) is 0 Å². The average Bonchev–Trinajstić information content (AvgIpc) is 2.30. The molecule has 94 valence electrons. The molecule has 5 nitrogen and oxygen atoms in total. The lowest BCUT2D eigenvalue weighted by atomic mass is 9.83. The fourth-order valence-electron chi connectivity index (χ4n) is 2.01. The van der Waals surface area contributed by atoms with Crippen molar-refractivity contribution >= 4 is 27.6 Å². The van der Waals surface area contributed by atoms with Gasteiger partial charge in [-0.1, -0.05) is 13.8 Å². The molecule has 1 aliphatic rings. The normalized spacial score (nSPS) is 19.2. The van der Waals surface area contributed by atoms with Crippen molar-refractivity contribution in [3.8, 4) is 0 Å². The van der Waals surface area contributed by atoms with Crippen molar-refractivity contribution in [2.45, 2.75) is 26.7 Å². The molecular formula is C11H18BrN5. The average molecular weight is 300 g/mol. The third-order valence-corrected chi connectivity index (χ3v) is 4.05. The Morgan fingerprint density at radius 1 is 1.35 bits per heavy atom. The minimum absolute atomic E-state index is 0.435. The number of nitrogen functional groups attached to an aromatic ring is 1. The number of hydrogen-bond acceptors (Lipinski definition) is 5. The van der Waals surface area contributed by atoms with Crippen LogP contribution in [0.15, 0.2) is 10.8 Å². The lowest BCUT2D eigenvalue weighted by molar-refractivity contribution is 0.279. The van der Waals surface area contributed by atoms with Crippen molar-refractivity contribution in [1.29, 1.82) is 0 Å². The zero-order valence-corrected chi connectivity index (χ0v) is 11.8. The Morgan fingerprint density at radius 2 is 2.00 bits per heavy atom. The predicted molar refractivity (Wildman–Crippen MR) is 72.8 cm³/mol. The summed E-state index contributed by atoms with van der Waals surface area (Å²) in [5, 5.41) is 0. The van der Waals surface area contributed by atoms with Crippen LogP contribution in [0.4, 0.5) is 11.6 Å². The highest BCUT2D eigenvalue weighted by molar-refractivity contribution is 9.10. The quantitative estimate of drug-likeness (QED) is 0.647. The molecule has 2 heterocycles. The minimum Gasteiger partial charge on any atom is -0.355 e. The van der Waals surface area contributed by atoms with Crippen LogP contribution in [0.2, 0.25) is 0 Å². The van der Waals surface area contributed by atoms with Crippen LogP contribution in [-0.4, -0.2) is 23.1 Å². The summed E-state index contributed by atoms with van der Waals surface area (Å²) in [7, 11) is 0. The van der Waals surface area contributed by atoms with E-state index < -0.39 is 0 Å². The maximum Gasteiger partial charge on any atom is 0.159 e. The topological polar surface area (TPSA) is 67.1 Å². The number of nitrogens with two attached hydrogens (primary N) is 1. The molecule has 1 aromatic heterocycles. The van der Waals surface area contributed by atoms with E-state index in [-0.39, 0.29) is 0 Å². The van der Waals surface area contributed by atoms with Crippen molar-refractivity contribution in [2.24, 2.45) is 11.3 Å². The first-order chi connectivity index (χ1) is 8.03. The van der Waals surface area contributed by atoms with Crippen LogP contribution in [0.25, 0.3) is 0 Å². The smallest absolute Gasteiger partial charge is 0.159 e. The Bertz CT molecular complexity index is 397. The second-order valence-electron chi connectivity index (χ2n) is 5.16. The van der Waals surface area contributed by atoms with Gasteiger partial charge in [-0.25, -0.2) is 15.8 Å². The molecule has 0 spiro atoms. The van der Waals surface area contributed by atoms with Crippen LogP contribution < -0.4 is 16.2 Å². The van der Waals surface area contributed by atoms with Gasteiger partial charge in [-0.3, -0.25) is 0 Å². The van der Waals surface area contributed by atoms with Gasteiger partial charge in [-0.05, 0) is 34.2 Å². The molecule has 1 aromatic rings. The van der Waals surface area contributed by atoms with Crippen molar-refractivity contribution in [1.82, 2.24) is 9.97 Å². The second kappa shape index (κ2) is 4.78. The maximum atomic E-state index is 5.40. The summed E-state index contributed by atoms with van der Waals surface area (Å²) < 4.78 is 0.835. The van der Waals surface area contributed by atoms with Crippen LogP contribution in [0.3, 0.4) is 0 Å². The van der Waals surface area contributed by atoms with E-state index >= 15 is 0 Å². The highest BCUT2D eigenvalue weighted by Crippen LogP contribution is 2.35. The molecule has 0 saturated carbocycles. The van der Waals surface area contributed by atoms with Gasteiger partial charge < -0.3 is 10.3 Å². The van der Waals surface area contributed by atoms with Crippen molar-refractivity contribution in [2.75, 3.05) is 23.4 Å². The van der Waals surface area contributed by atoms with Crippen LogP contribution in [0.5, 0.6) is 0 Å². The monoisotopic (exact) mass is 299 g/mol. The molecule has 0 aromatic carbocycles. The molecule has 2 rings (SSSR count). The SMILES string of the molecule is CC1(C)CCN(c2ncnc(NN)c2Br)CC1. The lowest BCUT2D eigenvalue weighted by Gasteiger charge is -2.37. The van der Waals surface area contributed by atoms with E-state index in [0.29, 0.717) is 11.2 Å². The Morgan fingerprint density at radius 3 is 2.59 bits per heavy atom. The molecule has 0 radical (unpaired) electrons. The van der Waals surface area contributed by atoms with Gasteiger partial charge >= 0.3 is 0 Å². The number of piperidine rings is 1. The van der Waals surface area contributed by atoms with Crippen molar-refractivity contribution in [3.63, 3.8) is 0 Å². The van der Waals surface area contributed by atoms with Gasteiger partial charge in [0.1, 0.15) is 16.6 Å². The summed E-state index contributed by atoms with van der Waals surface area (Å²) in [4.78, 5) is 10.7. The van der Waals surface area contributed by atoms with E-state index in [1.165, 1.54) is 19.2 Å². The molecule has 0 bridgehead atoms. The first-order valence-electron chi connectivity index (χ1n) is 5.75. The molecule has 17 heavy (non-hydrogen) atoms. The summed E-state index contributed by atoms with van der Waals surface area (Å²) in [6.07, 6.45) is 3.89. The fraction of sp³-hybridized carbons (Fsp3) is 0.636. The number of hydrazine groups is 1. The van der Waals surface area contributed by atoms with Crippen molar-refractivity contribution < 1.29 is 0 Å². The highest BCUT2D eigenvalue weighted by atomic mass is 79.9. The number of rotatable bonds is 2. The van der Waals surface area contributed by atoms with Gasteiger partial charge in [-0.15, -0.1) is 0 Å². The molecule has 1 saturated heterocycles. The maximum absolute atomic E-state index is 5.40. The van der Waals surface area contributed by atoms with E-state index in [0.717, 1.165) is 23.4 Å². The summed E-state index contributed by atoms with van der Waals surface area (Å²) in [6.45, 7) is 6.66. The Hall–Kier alpha value is -0.880. The molecule has 3 N–H and O–H groups in total. The molecular weight excluding hydrogens is 282 g/mol. The van der Waals surface area contributed by atoms with Crippen LogP contribution in [0.1, 0.15) is 26.7 Å². The van der Waals surface area contributed by atoms with Gasteiger partial charge in [0.25, 0.3) is 0 Å². The zero-order chi connectivity index (χ0) is 12.5. The molecule has 0 aliphatic carbocycles. The molecule has 0 amide bonds. The van der Waals surface area contributed by atoms with Gasteiger partial charge in [0, 0.05) is 13.1 Å². The third kappa shape index (κ3) is 2.69. The van der Waals surface area contributed by atoms with E-state index in [4.69, 9.17) is 5.84 Å². The predicted octanol–water partition coefficient (Wildman–Crippen LogP) is 2.15. The Kier molecular flexibility index (Phi) is 3.53. The number of halogens is 1. The molecule has 0 atom stereocenters. The van der Waals surface area contributed by atoms with Gasteiger partial charge in [0.05, 0.1) is 0 Å². The molecule has 6 heteroatoms. The first-order valence-corrected chi connectivity index (χ1v) is 6.55. The summed E-state index contributed by atoms with van der Waals surface area (Å²) in [6, 6.07) is 0. The molecule has 0 unspecified atom stereocenters. The lowest BCUT2D eigenvalue weighted by Crippen LogP contribution is -2.38. The van der Waals surface area contributed by atoms with Crippen LogP contribution in [0, 0.1) is 5.41 Å². The van der Waals surface area contributed by atoms with Gasteiger partial charge in [0.15, 0.2) is 5.82 Å². The number of nitrogens with one attached hydrogen (secondary N) is 1. The summed E-state index contributed by atoms with van der Waals surface area (Å²) >= 11 is 3.50. The number of hydrogen-bond donors (Lipinski definition) is 2. The minimum atomic E-state index is 0.435. The Balaban J connectivity index is 2.19. The van der Waals surface area contributed by atoms with Gasteiger partial charge in [-0.2, -0.15) is 0 Å².